The van der Waals surface area contributed by atoms with Crippen molar-refractivity contribution in [3.05, 3.63) is 0 Å². The quantitative estimate of drug-likeness (QED) is 0.340. The van der Waals surface area contributed by atoms with Crippen molar-refractivity contribution < 1.29 is 9.59 Å². The number of nitrogens with one attached hydrogen (secondary N) is 4. The fraction of sp³-hybridized carbons (Fsp3) is 0.800. The van der Waals surface area contributed by atoms with Gasteiger partial charge in [-0.1, -0.05) is 0 Å². The van der Waals surface area contributed by atoms with Crippen LogP contribution < -0.4 is 21.3 Å². The van der Waals surface area contributed by atoms with Gasteiger partial charge in [0.15, 0.2) is 0 Å². The molecule has 0 spiro atoms. The van der Waals surface area contributed by atoms with Crippen molar-refractivity contribution in [3.8, 4) is 0 Å². The molecule has 1 rings (SSSR count). The molecule has 1 heterocycles. The molecule has 6 nitrogen and oxygen atoms in total. The van der Waals surface area contributed by atoms with Crippen molar-refractivity contribution in [1.82, 2.24) is 21.3 Å². The van der Waals surface area contributed by atoms with Gasteiger partial charge in [-0.15, -0.1) is 0 Å². The van der Waals surface area contributed by atoms with Gasteiger partial charge in [0.05, 0.1) is 0 Å². The zero-order valence-electron chi connectivity index (χ0n) is 10.1. The van der Waals surface area contributed by atoms with Gasteiger partial charge in [-0.05, 0) is 0 Å². The Kier molecular flexibility index (Phi) is 5.46. The Bertz CT molecular complexity index is 263. The summed E-state index contributed by atoms with van der Waals surface area (Å²) in [6.45, 7) is 4.71. The molecule has 0 aliphatic carbocycles. The predicted octanol–water partition coefficient (Wildman–Crippen LogP) is -2.00. The third-order valence-electron chi connectivity index (χ3n) is 2.62. The average Bonchev–Trinajstić information content (AvgIpc) is 2.33. The molecule has 4 N–H and O–H groups in total. The molecule has 0 aromatic carbocycles. The second-order valence-electron chi connectivity index (χ2n) is 4.12. The fourth-order valence-corrected chi connectivity index (χ4v) is 3.39. The van der Waals surface area contributed by atoms with E-state index in [0.29, 0.717) is 12.5 Å². The van der Waals surface area contributed by atoms with Crippen LogP contribution in [0.4, 0.5) is 0 Å². The molecule has 0 bridgehead atoms. The van der Waals surface area contributed by atoms with Crippen LogP contribution in [0, 0.1) is 5.92 Å². The van der Waals surface area contributed by atoms with Crippen molar-refractivity contribution in [2.45, 2.75) is 6.92 Å². The van der Waals surface area contributed by atoms with Gasteiger partial charge in [-0.25, -0.2) is 0 Å². The first-order valence-corrected chi connectivity index (χ1v) is 10.5. The topological polar surface area (TPSA) is 82.3 Å². The van der Waals surface area contributed by atoms with Crippen LogP contribution in [0.25, 0.3) is 0 Å². The van der Waals surface area contributed by atoms with Gasteiger partial charge in [-0.2, -0.15) is 0 Å². The van der Waals surface area contributed by atoms with Gasteiger partial charge in [0.25, 0.3) is 0 Å². The van der Waals surface area contributed by atoms with E-state index in [2.05, 4.69) is 21.3 Å². The molecule has 0 saturated carbocycles. The molecular formula is C10H19N4O2Rf. The number of carbonyl (C=O) groups is 2. The molecule has 2 amide bonds. The van der Waals surface area contributed by atoms with E-state index in [1.165, 1.54) is 6.92 Å². The van der Waals surface area contributed by atoms with Crippen molar-refractivity contribution in [2.75, 3.05) is 39.3 Å². The standard InChI is InChI=1S/C10H19N4O2.Rf/c1-8-4-11-2-3-13-9(15)6-12-7-10(16)14-5-8;/h8,11-12H,1-7H2,(H,13,15)(H,14,16);. The molecule has 17 heavy (non-hydrogen) atoms. The normalized spacial score (nSPS) is 24.9. The average molecular weight is 494 g/mol. The van der Waals surface area contributed by atoms with Crippen LogP contribution in [0.5, 0.6) is 0 Å². The predicted molar refractivity (Wildman–Crippen MR) is 60.1 cm³/mol. The van der Waals surface area contributed by atoms with E-state index in [4.69, 9.17) is 0 Å². The number of amides is 2. The number of rotatable bonds is 1. The van der Waals surface area contributed by atoms with Gasteiger partial charge in [0.1, 0.15) is 0 Å². The molecule has 1 aliphatic heterocycles. The minimum atomic E-state index is -0.0676. The Labute approximate surface area is 95.5 Å². The minimum absolute atomic E-state index is 0.0365. The summed E-state index contributed by atoms with van der Waals surface area (Å²) in [5.41, 5.74) is 0. The SMILES string of the molecule is O=C1CNCC(=O)NCC([CH2][Rf])CNCCN1. The zero-order chi connectivity index (χ0) is 12.5. The van der Waals surface area contributed by atoms with Crippen LogP contribution in [0.3, 0.4) is 0 Å². The Morgan fingerprint density at radius 3 is 2.41 bits per heavy atom. The van der Waals surface area contributed by atoms with Gasteiger partial charge in [0.2, 0.25) is 0 Å². The molecule has 0 aromatic heterocycles. The molecular weight excluding hydrogens is 475 g/mol. The molecule has 93 valence electrons. The van der Waals surface area contributed by atoms with E-state index in [-0.39, 0.29) is 24.9 Å². The van der Waals surface area contributed by atoms with Crippen LogP contribution in [0.15, 0.2) is 0 Å². The van der Waals surface area contributed by atoms with Crippen molar-refractivity contribution in [1.29, 1.82) is 0 Å². The van der Waals surface area contributed by atoms with Crippen LogP contribution in [-0.2, 0) is 9.59 Å². The third-order valence-corrected chi connectivity index (χ3v) is 6.32. The summed E-state index contributed by atoms with van der Waals surface area (Å²) < 4.78 is 0.644. The summed E-state index contributed by atoms with van der Waals surface area (Å²) in [6, 6.07) is 0. The van der Waals surface area contributed by atoms with Crippen LogP contribution in [-0.4, -0.2) is 51.1 Å². The van der Waals surface area contributed by atoms with Gasteiger partial charge < -0.3 is 0 Å². The van der Waals surface area contributed by atoms with Crippen molar-refractivity contribution in [3.63, 3.8) is 0 Å². The monoisotopic (exact) mass is 494 g/mol. The van der Waals surface area contributed by atoms with E-state index in [1.54, 1.807) is 0 Å². The van der Waals surface area contributed by atoms with Crippen molar-refractivity contribution in [2.24, 2.45) is 5.92 Å². The molecule has 1 atom stereocenters. The van der Waals surface area contributed by atoms with E-state index in [0.717, 1.165) is 19.6 Å². The summed E-state index contributed by atoms with van der Waals surface area (Å²) >= 11 is 0. The second kappa shape index (κ2) is 7.19. The molecule has 1 aliphatic rings. The Morgan fingerprint density at radius 2 is 1.71 bits per heavy atom. The van der Waals surface area contributed by atoms with Gasteiger partial charge in [-0.3, -0.25) is 0 Å². The summed E-state index contributed by atoms with van der Waals surface area (Å²) in [6.07, 6.45) is 0. The number of carbonyl (C=O) groups excluding carboxylic acids is 2. The van der Waals surface area contributed by atoms with Gasteiger partial charge >= 0.3 is 94.8 Å². The Morgan fingerprint density at radius 1 is 1.00 bits per heavy atom. The fourth-order valence-electron chi connectivity index (χ4n) is 1.55. The van der Waals surface area contributed by atoms with Gasteiger partial charge in [0, 0.05) is 0 Å². The number of hydrogen-bond acceptors (Lipinski definition) is 4. The molecule has 7 heteroatoms. The molecule has 0 radical (unpaired) electrons. The Balaban J connectivity index is 2.40. The summed E-state index contributed by atoms with van der Waals surface area (Å²) in [7, 11) is 0. The van der Waals surface area contributed by atoms with Crippen LogP contribution >= 0.6 is 0 Å². The third kappa shape index (κ3) is 5.48. The van der Waals surface area contributed by atoms with E-state index in [9.17, 15) is 9.59 Å². The van der Waals surface area contributed by atoms with Crippen LogP contribution in [0.1, 0.15) is 0 Å². The summed E-state index contributed by atoms with van der Waals surface area (Å²) in [5.74, 6) is 0.429. The van der Waals surface area contributed by atoms with E-state index >= 15 is 0 Å². The summed E-state index contributed by atoms with van der Waals surface area (Å²) in [5, 5.41) is 11.8. The first kappa shape index (κ1) is 12.9. The maximum absolute atomic E-state index is 11.4. The van der Waals surface area contributed by atoms with E-state index in [1.807, 2.05) is 0 Å². The molecule has 0 aromatic rings. The van der Waals surface area contributed by atoms with Crippen LogP contribution in [0.2, 0.25) is 6.92 Å². The summed E-state index contributed by atoms with van der Waals surface area (Å²) in [4.78, 5) is 22.7. The van der Waals surface area contributed by atoms with Crippen molar-refractivity contribution >= 4 is 11.8 Å². The first-order valence-electron chi connectivity index (χ1n) is 5.96. The second-order valence-corrected chi connectivity index (χ2v) is 6.73. The van der Waals surface area contributed by atoms with E-state index < -0.39 is 0 Å². The number of hydrogen-bond donors (Lipinski definition) is 4. The maximum atomic E-state index is 11.4. The molecule has 1 fully saturated rings. The first-order chi connectivity index (χ1) is 8.22. The molecule has 1 unspecified atom stereocenters. The molecule has 1 saturated heterocycles. The zero-order valence-corrected chi connectivity index (χ0v) is 16.4. The Hall–Kier alpha value is -2.14.